The van der Waals surface area contributed by atoms with Gasteiger partial charge in [-0.25, -0.2) is 8.78 Å². The molecule has 0 radical (unpaired) electrons. The lowest BCUT2D eigenvalue weighted by Crippen LogP contribution is -2.55. The van der Waals surface area contributed by atoms with Crippen LogP contribution >= 0.6 is 0 Å². The molecule has 0 bridgehead atoms. The van der Waals surface area contributed by atoms with Crippen molar-refractivity contribution in [2.24, 2.45) is 0 Å². The fourth-order valence-electron chi connectivity index (χ4n) is 2.76. The first-order valence-corrected chi connectivity index (χ1v) is 7.26. The van der Waals surface area contributed by atoms with Gasteiger partial charge in [0, 0.05) is 17.5 Å². The Labute approximate surface area is 120 Å². The molecule has 0 fully saturated rings. The Bertz CT molecular complexity index is 414. The van der Waals surface area contributed by atoms with E-state index in [2.05, 4.69) is 4.90 Å². The quantitative estimate of drug-likeness (QED) is 0.830. The van der Waals surface area contributed by atoms with Crippen molar-refractivity contribution in [1.29, 1.82) is 0 Å². The number of rotatable bonds is 7. The maximum atomic E-state index is 13.7. The highest BCUT2D eigenvalue weighted by atomic mass is 19.1. The molecular weight excluding hydrogens is 260 g/mol. The maximum absolute atomic E-state index is 13.7. The minimum atomic E-state index is -0.821. The molecule has 2 unspecified atom stereocenters. The molecule has 0 aliphatic carbocycles. The summed E-state index contributed by atoms with van der Waals surface area (Å²) >= 11 is 0. The van der Waals surface area contributed by atoms with Crippen molar-refractivity contribution in [3.05, 3.63) is 35.4 Å². The SMILES string of the molecule is CCN(CC)C(C)(CC)C(O)Cc1c(F)cccc1F. The first-order chi connectivity index (χ1) is 9.40. The fourth-order valence-corrected chi connectivity index (χ4v) is 2.76. The Morgan fingerprint density at radius 3 is 2.05 bits per heavy atom. The lowest BCUT2D eigenvalue weighted by Gasteiger charge is -2.43. The molecule has 1 aromatic carbocycles. The minimum Gasteiger partial charge on any atom is -0.391 e. The van der Waals surface area contributed by atoms with Crippen LogP contribution in [-0.4, -0.2) is 34.7 Å². The molecule has 2 nitrogen and oxygen atoms in total. The number of nitrogens with zero attached hydrogens (tertiary/aromatic N) is 1. The second kappa shape index (κ2) is 7.14. The lowest BCUT2D eigenvalue weighted by atomic mass is 9.85. The van der Waals surface area contributed by atoms with Gasteiger partial charge >= 0.3 is 0 Å². The van der Waals surface area contributed by atoms with Crippen molar-refractivity contribution < 1.29 is 13.9 Å². The van der Waals surface area contributed by atoms with Gasteiger partial charge in [-0.05, 0) is 38.6 Å². The van der Waals surface area contributed by atoms with Gasteiger partial charge in [0.2, 0.25) is 0 Å². The van der Waals surface area contributed by atoms with Crippen LogP contribution in [0.25, 0.3) is 0 Å². The van der Waals surface area contributed by atoms with Crippen LogP contribution in [0.5, 0.6) is 0 Å². The average Bonchev–Trinajstić information content (AvgIpc) is 2.43. The van der Waals surface area contributed by atoms with Crippen LogP contribution < -0.4 is 0 Å². The van der Waals surface area contributed by atoms with Crippen molar-refractivity contribution >= 4 is 0 Å². The van der Waals surface area contributed by atoms with Gasteiger partial charge < -0.3 is 5.11 Å². The molecule has 0 spiro atoms. The highest BCUT2D eigenvalue weighted by Crippen LogP contribution is 2.27. The van der Waals surface area contributed by atoms with E-state index in [-0.39, 0.29) is 12.0 Å². The first-order valence-electron chi connectivity index (χ1n) is 7.26. The smallest absolute Gasteiger partial charge is 0.129 e. The Morgan fingerprint density at radius 2 is 1.65 bits per heavy atom. The summed E-state index contributed by atoms with van der Waals surface area (Å²) < 4.78 is 27.4. The van der Waals surface area contributed by atoms with E-state index < -0.39 is 23.3 Å². The van der Waals surface area contributed by atoms with E-state index >= 15 is 0 Å². The van der Waals surface area contributed by atoms with Gasteiger partial charge in [-0.15, -0.1) is 0 Å². The van der Waals surface area contributed by atoms with E-state index in [1.54, 1.807) is 0 Å². The summed E-state index contributed by atoms with van der Waals surface area (Å²) in [5.74, 6) is -1.19. The van der Waals surface area contributed by atoms with Crippen LogP contribution in [0.1, 0.15) is 39.7 Å². The van der Waals surface area contributed by atoms with Gasteiger partial charge in [-0.2, -0.15) is 0 Å². The standard InChI is InChI=1S/C16H25F2NO/c1-5-16(4,19(6-2)7-3)15(20)11-12-13(17)9-8-10-14(12)18/h8-10,15,20H,5-7,11H2,1-4H3. The molecule has 1 aromatic rings. The van der Waals surface area contributed by atoms with Gasteiger partial charge in [0.25, 0.3) is 0 Å². The predicted molar refractivity (Wildman–Crippen MR) is 77.7 cm³/mol. The highest BCUT2D eigenvalue weighted by molar-refractivity contribution is 5.21. The second-order valence-electron chi connectivity index (χ2n) is 5.30. The molecule has 0 aliphatic rings. The second-order valence-corrected chi connectivity index (χ2v) is 5.30. The van der Waals surface area contributed by atoms with Crippen molar-refractivity contribution in [2.45, 2.75) is 52.2 Å². The van der Waals surface area contributed by atoms with Crippen LogP contribution in [0.15, 0.2) is 18.2 Å². The highest BCUT2D eigenvalue weighted by Gasteiger charge is 2.36. The van der Waals surface area contributed by atoms with Crippen molar-refractivity contribution in [1.82, 2.24) is 4.90 Å². The van der Waals surface area contributed by atoms with E-state index in [1.165, 1.54) is 18.2 Å². The minimum absolute atomic E-state index is 0.0145. The summed E-state index contributed by atoms with van der Waals surface area (Å²) in [6.45, 7) is 9.56. The van der Waals surface area contributed by atoms with E-state index in [9.17, 15) is 13.9 Å². The molecule has 1 rings (SSSR count). The maximum Gasteiger partial charge on any atom is 0.129 e. The average molecular weight is 285 g/mol. The van der Waals surface area contributed by atoms with Gasteiger partial charge in [0.05, 0.1) is 6.10 Å². The molecule has 0 amide bonds. The van der Waals surface area contributed by atoms with Crippen molar-refractivity contribution in [2.75, 3.05) is 13.1 Å². The molecule has 0 saturated heterocycles. The van der Waals surface area contributed by atoms with Crippen molar-refractivity contribution in [3.63, 3.8) is 0 Å². The van der Waals surface area contributed by atoms with Gasteiger partial charge in [-0.3, -0.25) is 4.90 Å². The molecule has 0 saturated carbocycles. The van der Waals surface area contributed by atoms with Gasteiger partial charge in [0.15, 0.2) is 0 Å². The van der Waals surface area contributed by atoms with Crippen LogP contribution in [0, 0.1) is 11.6 Å². The third kappa shape index (κ3) is 3.36. The Morgan fingerprint density at radius 1 is 1.15 bits per heavy atom. The fraction of sp³-hybridized carbons (Fsp3) is 0.625. The summed E-state index contributed by atoms with van der Waals surface area (Å²) in [5, 5.41) is 10.5. The number of hydrogen-bond acceptors (Lipinski definition) is 2. The van der Waals surface area contributed by atoms with Gasteiger partial charge in [-0.1, -0.05) is 26.8 Å². The van der Waals surface area contributed by atoms with Crippen LogP contribution in [0.4, 0.5) is 8.78 Å². The number of aliphatic hydroxyl groups is 1. The zero-order valence-electron chi connectivity index (χ0n) is 12.8. The Balaban J connectivity index is 3.01. The number of likely N-dealkylation sites (N-methyl/N-ethyl adjacent to an activating group) is 1. The molecule has 2 atom stereocenters. The molecule has 1 N–H and O–H groups in total. The normalized spacial score (nSPS) is 16.2. The summed E-state index contributed by atoms with van der Waals surface area (Å²) in [6.07, 6.45) is -0.121. The summed E-state index contributed by atoms with van der Waals surface area (Å²) in [4.78, 5) is 2.14. The van der Waals surface area contributed by atoms with Crippen molar-refractivity contribution in [3.8, 4) is 0 Å². The number of halogens is 2. The largest absolute Gasteiger partial charge is 0.391 e. The zero-order valence-corrected chi connectivity index (χ0v) is 12.8. The van der Waals surface area contributed by atoms with Gasteiger partial charge in [0.1, 0.15) is 11.6 Å². The van der Waals surface area contributed by atoms with E-state index in [0.29, 0.717) is 6.42 Å². The molecular formula is C16H25F2NO. The number of aliphatic hydroxyl groups excluding tert-OH is 1. The third-order valence-electron chi connectivity index (χ3n) is 4.38. The number of benzene rings is 1. The Kier molecular flexibility index (Phi) is 6.08. The monoisotopic (exact) mass is 285 g/mol. The van der Waals surface area contributed by atoms with E-state index in [1.807, 2.05) is 27.7 Å². The summed E-state index contributed by atoms with van der Waals surface area (Å²) in [7, 11) is 0. The van der Waals surface area contributed by atoms with E-state index in [0.717, 1.165) is 13.1 Å². The zero-order chi connectivity index (χ0) is 15.3. The Hall–Kier alpha value is -1.00. The lowest BCUT2D eigenvalue weighted by molar-refractivity contribution is -0.0197. The molecule has 0 heterocycles. The predicted octanol–water partition coefficient (Wildman–Crippen LogP) is 3.38. The summed E-state index contributed by atoms with van der Waals surface area (Å²) in [5.41, 5.74) is -0.523. The van der Waals surface area contributed by atoms with Crippen LogP contribution in [0.3, 0.4) is 0 Å². The first kappa shape index (κ1) is 17.1. The molecule has 0 aromatic heterocycles. The molecule has 114 valence electrons. The summed E-state index contributed by atoms with van der Waals surface area (Å²) in [6, 6.07) is 3.79. The molecule has 20 heavy (non-hydrogen) atoms. The van der Waals surface area contributed by atoms with E-state index in [4.69, 9.17) is 0 Å². The van der Waals surface area contributed by atoms with Crippen LogP contribution in [0.2, 0.25) is 0 Å². The molecule has 4 heteroatoms. The molecule has 0 aliphatic heterocycles. The topological polar surface area (TPSA) is 23.5 Å². The third-order valence-corrected chi connectivity index (χ3v) is 4.38. The number of hydrogen-bond donors (Lipinski definition) is 1. The van der Waals surface area contributed by atoms with Crippen LogP contribution in [-0.2, 0) is 6.42 Å².